The van der Waals surface area contributed by atoms with Crippen molar-refractivity contribution in [2.24, 2.45) is 11.7 Å². The van der Waals surface area contributed by atoms with Crippen LogP contribution in [0.5, 0.6) is 0 Å². The van der Waals surface area contributed by atoms with E-state index in [2.05, 4.69) is 4.90 Å². The van der Waals surface area contributed by atoms with Gasteiger partial charge in [-0.25, -0.2) is 21.5 Å². The second kappa shape index (κ2) is 6.49. The van der Waals surface area contributed by atoms with E-state index in [9.17, 15) is 17.2 Å². The van der Waals surface area contributed by atoms with Crippen LogP contribution in [0.2, 0.25) is 0 Å². The molecule has 1 aromatic rings. The number of nitrogens with zero attached hydrogens (tertiary/aromatic N) is 2. The second-order valence-electron chi connectivity index (χ2n) is 7.58. The Morgan fingerprint density at radius 3 is 2.69 bits per heavy atom. The molecular weight excluding hydrogens is 364 g/mol. The van der Waals surface area contributed by atoms with Gasteiger partial charge in [-0.3, -0.25) is 4.90 Å². The van der Waals surface area contributed by atoms with Gasteiger partial charge in [0.05, 0.1) is 12.9 Å². The number of sulfonamides is 1. The molecule has 0 radical (unpaired) electrons. The number of hydrogen-bond donors (Lipinski definition) is 1. The van der Waals surface area contributed by atoms with E-state index in [1.54, 1.807) is 0 Å². The molecule has 3 aliphatic heterocycles. The van der Waals surface area contributed by atoms with Crippen LogP contribution in [0.4, 0.5) is 8.78 Å². The molecule has 4 rings (SSSR count). The maximum absolute atomic E-state index is 14.0. The fourth-order valence-corrected chi connectivity index (χ4v) is 5.34. The van der Waals surface area contributed by atoms with Crippen LogP contribution in [0.3, 0.4) is 0 Å². The summed E-state index contributed by atoms with van der Waals surface area (Å²) >= 11 is 0. The third kappa shape index (κ3) is 3.16. The van der Waals surface area contributed by atoms with E-state index in [4.69, 9.17) is 10.5 Å². The lowest BCUT2D eigenvalue weighted by molar-refractivity contribution is -0.0936. The highest BCUT2D eigenvalue weighted by molar-refractivity contribution is 7.88. The first-order chi connectivity index (χ1) is 12.2. The van der Waals surface area contributed by atoms with E-state index >= 15 is 0 Å². The molecule has 2 N–H and O–H groups in total. The Bertz CT molecular complexity index is 806. The van der Waals surface area contributed by atoms with Crippen molar-refractivity contribution < 1.29 is 21.9 Å². The monoisotopic (exact) mass is 387 g/mol. The van der Waals surface area contributed by atoms with Crippen LogP contribution < -0.4 is 5.73 Å². The smallest absolute Gasteiger partial charge is 0.211 e. The number of rotatable bonds is 3. The van der Waals surface area contributed by atoms with Crippen LogP contribution in [0, 0.1) is 17.6 Å². The Balaban J connectivity index is 1.42. The average molecular weight is 387 g/mol. The van der Waals surface area contributed by atoms with E-state index in [1.807, 2.05) is 0 Å². The topological polar surface area (TPSA) is 75.9 Å². The molecule has 3 aliphatic rings. The number of benzene rings is 1. The Kier molecular flexibility index (Phi) is 4.55. The molecule has 3 saturated heterocycles. The van der Waals surface area contributed by atoms with Gasteiger partial charge < -0.3 is 10.5 Å². The minimum atomic E-state index is -3.17. The van der Waals surface area contributed by atoms with Crippen molar-refractivity contribution in [3.8, 4) is 0 Å². The van der Waals surface area contributed by atoms with Crippen molar-refractivity contribution in [3.63, 3.8) is 0 Å². The Hall–Kier alpha value is -1.13. The highest BCUT2D eigenvalue weighted by Crippen LogP contribution is 2.39. The number of likely N-dealkylation sites (tertiary alicyclic amines) is 1. The summed E-state index contributed by atoms with van der Waals surface area (Å²) in [6.07, 6.45) is 1.16. The molecule has 0 spiro atoms. The first-order valence-electron chi connectivity index (χ1n) is 8.77. The number of fused-ring (bicyclic) bond motifs is 1. The summed E-state index contributed by atoms with van der Waals surface area (Å²) in [7, 11) is -3.17. The zero-order chi connectivity index (χ0) is 18.6. The maximum atomic E-state index is 14.0. The van der Waals surface area contributed by atoms with Gasteiger partial charge >= 0.3 is 0 Å². The summed E-state index contributed by atoms with van der Waals surface area (Å²) in [6, 6.07) is 3.11. The molecule has 26 heavy (non-hydrogen) atoms. The lowest BCUT2D eigenvalue weighted by Crippen LogP contribution is -2.63. The fourth-order valence-electron chi connectivity index (χ4n) is 4.46. The Labute approximate surface area is 151 Å². The van der Waals surface area contributed by atoms with Crippen LogP contribution in [-0.2, 0) is 14.8 Å². The molecule has 3 heterocycles. The van der Waals surface area contributed by atoms with Crippen molar-refractivity contribution in [1.82, 2.24) is 9.21 Å². The van der Waals surface area contributed by atoms with Crippen molar-refractivity contribution in [1.29, 1.82) is 0 Å². The predicted molar refractivity (Wildman–Crippen MR) is 91.8 cm³/mol. The molecule has 0 amide bonds. The van der Waals surface area contributed by atoms with Crippen LogP contribution >= 0.6 is 0 Å². The molecule has 2 unspecified atom stereocenters. The molecule has 9 heteroatoms. The van der Waals surface area contributed by atoms with E-state index in [0.29, 0.717) is 32.0 Å². The number of nitrogens with two attached hydrogens (primary N) is 1. The third-order valence-electron chi connectivity index (χ3n) is 5.85. The fraction of sp³-hybridized carbons (Fsp3) is 0.647. The van der Waals surface area contributed by atoms with Crippen LogP contribution in [0.15, 0.2) is 18.2 Å². The quantitative estimate of drug-likeness (QED) is 0.826. The van der Waals surface area contributed by atoms with Crippen LogP contribution in [-0.4, -0.2) is 68.2 Å². The standard InChI is InChI=1S/C17H23F2N3O3S/c1-26(23,24)21-6-10-7-22(16(10)8-21)12-5-15(20)17(25-9-12)13-4-11(18)2-3-14(13)19/h2-4,10,12,15-17H,5-9,20H2,1H3/t10?,12-,15+,16?,17-/m1/s1. The molecule has 0 saturated carbocycles. The van der Waals surface area contributed by atoms with Gasteiger partial charge in [0.1, 0.15) is 17.7 Å². The zero-order valence-corrected chi connectivity index (χ0v) is 15.3. The zero-order valence-electron chi connectivity index (χ0n) is 14.5. The van der Waals surface area contributed by atoms with Gasteiger partial charge in [-0.05, 0) is 24.6 Å². The first kappa shape index (κ1) is 18.2. The number of hydrogen-bond acceptors (Lipinski definition) is 5. The molecule has 0 aliphatic carbocycles. The highest BCUT2D eigenvalue weighted by atomic mass is 32.2. The van der Waals surface area contributed by atoms with Gasteiger partial charge in [0.2, 0.25) is 10.0 Å². The van der Waals surface area contributed by atoms with E-state index in [1.165, 1.54) is 10.6 Å². The Morgan fingerprint density at radius 1 is 1.23 bits per heavy atom. The molecule has 5 atom stereocenters. The van der Waals surface area contributed by atoms with Crippen LogP contribution in [0.1, 0.15) is 18.1 Å². The Morgan fingerprint density at radius 2 is 2.00 bits per heavy atom. The maximum Gasteiger partial charge on any atom is 0.211 e. The largest absolute Gasteiger partial charge is 0.370 e. The summed E-state index contributed by atoms with van der Waals surface area (Å²) in [4.78, 5) is 2.24. The number of ether oxygens (including phenoxy) is 1. The van der Waals surface area contributed by atoms with Crippen molar-refractivity contribution in [2.75, 3.05) is 32.5 Å². The SMILES string of the molecule is CS(=O)(=O)N1CC2CN([C@H]3CO[C@H](c4cc(F)ccc4F)[C@@H](N)C3)C2C1. The summed E-state index contributed by atoms with van der Waals surface area (Å²) in [6.45, 7) is 2.25. The van der Waals surface area contributed by atoms with Crippen molar-refractivity contribution in [3.05, 3.63) is 35.4 Å². The van der Waals surface area contributed by atoms with Gasteiger partial charge in [-0.1, -0.05) is 0 Å². The molecular formula is C17H23F2N3O3S. The minimum absolute atomic E-state index is 0.0682. The van der Waals surface area contributed by atoms with Gasteiger partial charge in [-0.15, -0.1) is 0 Å². The van der Waals surface area contributed by atoms with E-state index < -0.39 is 33.8 Å². The molecule has 3 fully saturated rings. The summed E-state index contributed by atoms with van der Waals surface area (Å²) in [5.41, 5.74) is 6.38. The minimum Gasteiger partial charge on any atom is -0.370 e. The van der Waals surface area contributed by atoms with Gasteiger partial charge in [0.25, 0.3) is 0 Å². The first-order valence-corrected chi connectivity index (χ1v) is 10.6. The second-order valence-corrected chi connectivity index (χ2v) is 9.56. The summed E-state index contributed by atoms with van der Waals surface area (Å²) in [5, 5.41) is 0. The third-order valence-corrected chi connectivity index (χ3v) is 7.08. The lowest BCUT2D eigenvalue weighted by atomic mass is 9.86. The molecule has 1 aromatic carbocycles. The lowest BCUT2D eigenvalue weighted by Gasteiger charge is -2.51. The number of halogens is 2. The van der Waals surface area contributed by atoms with Gasteiger partial charge in [0, 0.05) is 49.2 Å². The molecule has 0 aromatic heterocycles. The molecule has 0 bridgehead atoms. The predicted octanol–water partition coefficient (Wildman–Crippen LogP) is 0.698. The molecule has 6 nitrogen and oxygen atoms in total. The summed E-state index contributed by atoms with van der Waals surface area (Å²) in [5.74, 6) is -0.690. The average Bonchev–Trinajstić information content (AvgIpc) is 2.88. The summed E-state index contributed by atoms with van der Waals surface area (Å²) < 4.78 is 58.3. The van der Waals surface area contributed by atoms with Gasteiger partial charge in [-0.2, -0.15) is 0 Å². The molecule has 144 valence electrons. The van der Waals surface area contributed by atoms with E-state index in [-0.39, 0.29) is 17.6 Å². The van der Waals surface area contributed by atoms with Crippen LogP contribution in [0.25, 0.3) is 0 Å². The normalized spacial score (nSPS) is 35.9. The highest BCUT2D eigenvalue weighted by Gasteiger charge is 2.51. The van der Waals surface area contributed by atoms with Gasteiger partial charge in [0.15, 0.2) is 0 Å². The van der Waals surface area contributed by atoms with Crippen molar-refractivity contribution in [2.45, 2.75) is 30.7 Å². The van der Waals surface area contributed by atoms with E-state index in [0.717, 1.165) is 24.7 Å². The van der Waals surface area contributed by atoms with Crippen molar-refractivity contribution >= 4 is 10.0 Å².